The topological polar surface area (TPSA) is 38.3 Å². The van der Waals surface area contributed by atoms with Gasteiger partial charge in [-0.1, -0.05) is 29.8 Å². The van der Waals surface area contributed by atoms with Crippen LogP contribution in [0.1, 0.15) is 16.7 Å². The molecule has 1 N–H and O–H groups in total. The van der Waals surface area contributed by atoms with Crippen LogP contribution in [0.2, 0.25) is 5.02 Å². The maximum Gasteiger partial charge on any atom is 0.258 e. The Kier molecular flexibility index (Phi) is 5.23. The minimum absolute atomic E-state index is 0.0100. The Bertz CT molecular complexity index is 623. The molecule has 0 heterocycles. The first-order valence-corrected chi connectivity index (χ1v) is 7.13. The lowest BCUT2D eigenvalue weighted by molar-refractivity contribution is -0.123. The van der Waals surface area contributed by atoms with E-state index in [0.717, 1.165) is 11.1 Å². The number of carbonyl (C=O) groups excluding carboxylic acids is 1. The van der Waals surface area contributed by atoms with Gasteiger partial charge in [0.2, 0.25) is 0 Å². The molecular formula is C17H18ClNO2. The number of hydrogen-bond acceptors (Lipinski definition) is 2. The quantitative estimate of drug-likeness (QED) is 0.915. The van der Waals surface area contributed by atoms with Crippen LogP contribution < -0.4 is 10.1 Å². The van der Waals surface area contributed by atoms with E-state index >= 15 is 0 Å². The van der Waals surface area contributed by atoms with Crippen molar-refractivity contribution < 1.29 is 9.53 Å². The summed E-state index contributed by atoms with van der Waals surface area (Å²) >= 11 is 5.81. The Morgan fingerprint density at radius 2 is 1.81 bits per heavy atom. The number of rotatable bonds is 5. The highest BCUT2D eigenvalue weighted by atomic mass is 35.5. The van der Waals surface area contributed by atoms with Gasteiger partial charge in [-0.2, -0.15) is 0 Å². The van der Waals surface area contributed by atoms with E-state index in [1.165, 1.54) is 5.56 Å². The number of ether oxygens (including phenoxy) is 1. The van der Waals surface area contributed by atoms with Gasteiger partial charge in [0.05, 0.1) is 0 Å². The molecule has 0 spiro atoms. The third-order valence-electron chi connectivity index (χ3n) is 3.25. The molecule has 0 aliphatic carbocycles. The van der Waals surface area contributed by atoms with E-state index in [0.29, 0.717) is 17.3 Å². The van der Waals surface area contributed by atoms with Gasteiger partial charge in [0.25, 0.3) is 5.91 Å². The SMILES string of the molecule is Cc1ccc(OCC(=O)NCc2ccc(Cl)cc2)cc1C. The Morgan fingerprint density at radius 1 is 1.10 bits per heavy atom. The maximum absolute atomic E-state index is 11.7. The van der Waals surface area contributed by atoms with Crippen molar-refractivity contribution in [1.82, 2.24) is 5.32 Å². The Morgan fingerprint density at radius 3 is 2.48 bits per heavy atom. The summed E-state index contributed by atoms with van der Waals surface area (Å²) in [7, 11) is 0. The highest BCUT2D eigenvalue weighted by Crippen LogP contribution is 2.16. The molecule has 110 valence electrons. The normalized spacial score (nSPS) is 10.2. The van der Waals surface area contributed by atoms with Gasteiger partial charge in [-0.25, -0.2) is 0 Å². The first-order chi connectivity index (χ1) is 10.0. The second-order valence-electron chi connectivity index (χ2n) is 4.94. The highest BCUT2D eigenvalue weighted by Gasteiger charge is 2.04. The lowest BCUT2D eigenvalue weighted by Gasteiger charge is -2.09. The van der Waals surface area contributed by atoms with Gasteiger partial charge >= 0.3 is 0 Å². The summed E-state index contributed by atoms with van der Waals surface area (Å²) in [5.74, 6) is 0.558. The van der Waals surface area contributed by atoms with Crippen molar-refractivity contribution >= 4 is 17.5 Å². The third-order valence-corrected chi connectivity index (χ3v) is 3.50. The fourth-order valence-electron chi connectivity index (χ4n) is 1.81. The molecule has 1 amide bonds. The highest BCUT2D eigenvalue weighted by molar-refractivity contribution is 6.30. The zero-order chi connectivity index (χ0) is 15.2. The third kappa shape index (κ3) is 4.80. The number of nitrogens with one attached hydrogen (secondary N) is 1. The zero-order valence-electron chi connectivity index (χ0n) is 12.2. The average molecular weight is 304 g/mol. The first-order valence-electron chi connectivity index (χ1n) is 6.76. The fraction of sp³-hybridized carbons (Fsp3) is 0.235. The van der Waals surface area contributed by atoms with Gasteiger partial charge in [-0.15, -0.1) is 0 Å². The molecule has 0 radical (unpaired) electrons. The molecule has 0 aliphatic rings. The molecule has 0 saturated heterocycles. The first kappa shape index (κ1) is 15.4. The van der Waals surface area contributed by atoms with E-state index in [1.807, 2.05) is 44.2 Å². The van der Waals surface area contributed by atoms with E-state index in [-0.39, 0.29) is 12.5 Å². The van der Waals surface area contributed by atoms with E-state index < -0.39 is 0 Å². The van der Waals surface area contributed by atoms with Crippen LogP contribution in [0.25, 0.3) is 0 Å². The standard InChI is InChI=1S/C17H18ClNO2/c1-12-3-8-16(9-13(12)2)21-11-17(20)19-10-14-4-6-15(18)7-5-14/h3-9H,10-11H2,1-2H3,(H,19,20). The summed E-state index contributed by atoms with van der Waals surface area (Å²) in [6, 6.07) is 13.1. The van der Waals surface area contributed by atoms with Gasteiger partial charge in [-0.3, -0.25) is 4.79 Å². The molecule has 0 aromatic heterocycles. The monoisotopic (exact) mass is 303 g/mol. The van der Waals surface area contributed by atoms with Crippen molar-refractivity contribution in [3.05, 3.63) is 64.2 Å². The van der Waals surface area contributed by atoms with Gasteiger partial charge in [0.15, 0.2) is 6.61 Å². The molecule has 0 fully saturated rings. The smallest absolute Gasteiger partial charge is 0.258 e. The molecule has 0 saturated carbocycles. The summed E-state index contributed by atoms with van der Waals surface area (Å²) in [4.78, 5) is 11.7. The van der Waals surface area contributed by atoms with Gasteiger partial charge in [0.1, 0.15) is 5.75 Å². The van der Waals surface area contributed by atoms with Gasteiger partial charge in [0, 0.05) is 11.6 Å². The van der Waals surface area contributed by atoms with Crippen LogP contribution in [-0.4, -0.2) is 12.5 Å². The molecule has 2 aromatic rings. The molecule has 0 unspecified atom stereocenters. The maximum atomic E-state index is 11.7. The number of amides is 1. The van der Waals surface area contributed by atoms with Crippen LogP contribution in [-0.2, 0) is 11.3 Å². The van der Waals surface area contributed by atoms with Crippen molar-refractivity contribution in [3.63, 3.8) is 0 Å². The minimum Gasteiger partial charge on any atom is -0.484 e. The largest absolute Gasteiger partial charge is 0.484 e. The van der Waals surface area contributed by atoms with Crippen LogP contribution in [0.3, 0.4) is 0 Å². The summed E-state index contributed by atoms with van der Waals surface area (Å²) in [6.45, 7) is 4.53. The average Bonchev–Trinajstić information content (AvgIpc) is 2.48. The second-order valence-corrected chi connectivity index (χ2v) is 5.37. The minimum atomic E-state index is -0.150. The van der Waals surface area contributed by atoms with Crippen LogP contribution in [0.5, 0.6) is 5.75 Å². The summed E-state index contributed by atoms with van der Waals surface area (Å²) < 4.78 is 5.48. The fourth-order valence-corrected chi connectivity index (χ4v) is 1.93. The van der Waals surface area contributed by atoms with E-state index in [1.54, 1.807) is 12.1 Å². The lowest BCUT2D eigenvalue weighted by atomic mass is 10.1. The molecule has 0 atom stereocenters. The van der Waals surface area contributed by atoms with Crippen molar-refractivity contribution in [2.24, 2.45) is 0 Å². The Labute approximate surface area is 129 Å². The summed E-state index contributed by atoms with van der Waals surface area (Å²) in [5, 5.41) is 3.49. The van der Waals surface area contributed by atoms with Crippen LogP contribution in [0.4, 0.5) is 0 Å². The Balaban J connectivity index is 1.79. The van der Waals surface area contributed by atoms with E-state index in [2.05, 4.69) is 5.32 Å². The predicted molar refractivity (Wildman–Crippen MR) is 84.7 cm³/mol. The zero-order valence-corrected chi connectivity index (χ0v) is 12.9. The van der Waals surface area contributed by atoms with Crippen molar-refractivity contribution in [1.29, 1.82) is 0 Å². The molecule has 3 nitrogen and oxygen atoms in total. The van der Waals surface area contributed by atoms with Crippen molar-refractivity contribution in [2.45, 2.75) is 20.4 Å². The van der Waals surface area contributed by atoms with Crippen LogP contribution in [0, 0.1) is 13.8 Å². The second kappa shape index (κ2) is 7.14. The number of carbonyl (C=O) groups is 1. The summed E-state index contributed by atoms with van der Waals surface area (Å²) in [5.41, 5.74) is 3.35. The van der Waals surface area contributed by atoms with E-state index in [9.17, 15) is 4.79 Å². The van der Waals surface area contributed by atoms with E-state index in [4.69, 9.17) is 16.3 Å². The number of halogens is 1. The number of aryl methyl sites for hydroxylation is 2. The summed E-state index contributed by atoms with van der Waals surface area (Å²) in [6.07, 6.45) is 0. The van der Waals surface area contributed by atoms with Crippen LogP contribution >= 0.6 is 11.6 Å². The Hall–Kier alpha value is -2.00. The van der Waals surface area contributed by atoms with Crippen LogP contribution in [0.15, 0.2) is 42.5 Å². The molecule has 0 bridgehead atoms. The molecule has 2 rings (SSSR count). The number of benzene rings is 2. The molecular weight excluding hydrogens is 286 g/mol. The van der Waals surface area contributed by atoms with Crippen molar-refractivity contribution in [3.8, 4) is 5.75 Å². The van der Waals surface area contributed by atoms with Gasteiger partial charge < -0.3 is 10.1 Å². The van der Waals surface area contributed by atoms with Crippen molar-refractivity contribution in [2.75, 3.05) is 6.61 Å². The number of hydrogen-bond donors (Lipinski definition) is 1. The predicted octanol–water partition coefficient (Wildman–Crippen LogP) is 3.65. The van der Waals surface area contributed by atoms with Gasteiger partial charge in [-0.05, 0) is 54.8 Å². The molecule has 21 heavy (non-hydrogen) atoms. The molecule has 4 heteroatoms. The molecule has 2 aromatic carbocycles. The lowest BCUT2D eigenvalue weighted by Crippen LogP contribution is -2.28. The molecule has 0 aliphatic heterocycles.